The molecule has 0 radical (unpaired) electrons. The number of rotatable bonds is 4. The van der Waals surface area contributed by atoms with E-state index in [1.807, 2.05) is 6.07 Å². The number of nitrogens with one attached hydrogen (secondary N) is 1. The predicted octanol–water partition coefficient (Wildman–Crippen LogP) is 0.332. The van der Waals surface area contributed by atoms with Crippen LogP contribution >= 0.6 is 0 Å². The van der Waals surface area contributed by atoms with Gasteiger partial charge in [-0.2, -0.15) is 5.26 Å². The fourth-order valence-corrected chi connectivity index (χ4v) is 1.26. The lowest BCUT2D eigenvalue weighted by molar-refractivity contribution is -0.118. The number of amides is 1. The van der Waals surface area contributed by atoms with Gasteiger partial charge in [-0.25, -0.2) is 9.97 Å². The Morgan fingerprint density at radius 2 is 2.38 bits per heavy atom. The maximum Gasteiger partial charge on any atom is 0.224 e. The Bertz CT molecular complexity index is 437. The van der Waals surface area contributed by atoms with Gasteiger partial charge in [-0.15, -0.1) is 0 Å². The topological polar surface area (TPSA) is 105 Å². The number of carbonyl (C=O) groups is 1. The summed E-state index contributed by atoms with van der Waals surface area (Å²) in [4.78, 5) is 18.7. The van der Waals surface area contributed by atoms with Crippen molar-refractivity contribution in [2.24, 2.45) is 5.73 Å². The summed E-state index contributed by atoms with van der Waals surface area (Å²) in [5.74, 6) is -0.0570. The fourth-order valence-electron chi connectivity index (χ4n) is 1.26. The van der Waals surface area contributed by atoms with E-state index in [1.54, 1.807) is 19.9 Å². The molecule has 6 heteroatoms. The van der Waals surface area contributed by atoms with Gasteiger partial charge in [0.05, 0.1) is 0 Å². The van der Waals surface area contributed by atoms with E-state index in [1.165, 1.54) is 0 Å². The molecule has 1 heterocycles. The van der Waals surface area contributed by atoms with Gasteiger partial charge in [0.25, 0.3) is 0 Å². The Hall–Kier alpha value is -2.16. The average molecular weight is 219 g/mol. The number of aromatic nitrogens is 2. The fraction of sp³-hybridized carbons (Fsp3) is 0.400. The lowest BCUT2D eigenvalue weighted by atomic mass is 10.2. The highest BCUT2D eigenvalue weighted by atomic mass is 16.1. The molecular weight excluding hydrogens is 206 g/mol. The van der Waals surface area contributed by atoms with Crippen LogP contribution in [0.4, 0.5) is 5.95 Å². The second-order valence-corrected chi connectivity index (χ2v) is 3.55. The summed E-state index contributed by atoms with van der Waals surface area (Å²) in [5.41, 5.74) is 6.05. The van der Waals surface area contributed by atoms with Gasteiger partial charge >= 0.3 is 0 Å². The predicted molar refractivity (Wildman–Crippen MR) is 58.4 cm³/mol. The molecule has 0 fully saturated rings. The molecule has 0 saturated heterocycles. The highest BCUT2D eigenvalue weighted by molar-refractivity contribution is 5.74. The molecule has 1 unspecified atom stereocenters. The summed E-state index contributed by atoms with van der Waals surface area (Å²) in [6, 6.07) is 3.37. The first kappa shape index (κ1) is 11.9. The third kappa shape index (κ3) is 3.53. The molecular formula is C10H13N5O. The molecule has 1 rings (SSSR count). The van der Waals surface area contributed by atoms with Crippen LogP contribution in [0, 0.1) is 18.3 Å². The quantitative estimate of drug-likeness (QED) is 0.759. The summed E-state index contributed by atoms with van der Waals surface area (Å²) in [6.07, 6.45) is 0.194. The standard InChI is InChI=1S/C10H13N5O/c1-6-3-8(5-11)15-10(13-6)14-7(2)4-9(12)16/h3,7H,4H2,1-2H3,(H2,12,16)(H,13,14,15). The van der Waals surface area contributed by atoms with Crippen LogP contribution in [0.25, 0.3) is 0 Å². The van der Waals surface area contributed by atoms with Gasteiger partial charge in [0, 0.05) is 18.2 Å². The van der Waals surface area contributed by atoms with E-state index in [0.717, 1.165) is 0 Å². The first-order valence-corrected chi connectivity index (χ1v) is 4.82. The maximum absolute atomic E-state index is 10.7. The van der Waals surface area contributed by atoms with Gasteiger partial charge in [0.15, 0.2) is 0 Å². The average Bonchev–Trinajstić information content (AvgIpc) is 2.14. The highest BCUT2D eigenvalue weighted by Gasteiger charge is 2.08. The van der Waals surface area contributed by atoms with Crippen LogP contribution in [0.15, 0.2) is 6.07 Å². The van der Waals surface area contributed by atoms with Crippen LogP contribution in [-0.4, -0.2) is 21.9 Å². The molecule has 0 aliphatic heterocycles. The van der Waals surface area contributed by atoms with E-state index in [4.69, 9.17) is 11.0 Å². The second-order valence-electron chi connectivity index (χ2n) is 3.55. The van der Waals surface area contributed by atoms with Crippen molar-refractivity contribution in [3.05, 3.63) is 17.5 Å². The number of nitrogens with zero attached hydrogens (tertiary/aromatic N) is 3. The van der Waals surface area contributed by atoms with Crippen molar-refractivity contribution in [3.63, 3.8) is 0 Å². The molecule has 0 aliphatic rings. The number of anilines is 1. The Morgan fingerprint density at radius 3 is 2.94 bits per heavy atom. The molecule has 0 aliphatic carbocycles. The molecule has 1 aromatic rings. The molecule has 1 aromatic heterocycles. The monoisotopic (exact) mass is 219 g/mol. The van der Waals surface area contributed by atoms with Crippen LogP contribution in [-0.2, 0) is 4.79 Å². The number of hydrogen-bond acceptors (Lipinski definition) is 5. The van der Waals surface area contributed by atoms with Crippen molar-refractivity contribution in [2.75, 3.05) is 5.32 Å². The Morgan fingerprint density at radius 1 is 1.69 bits per heavy atom. The zero-order valence-corrected chi connectivity index (χ0v) is 9.19. The minimum Gasteiger partial charge on any atom is -0.370 e. The van der Waals surface area contributed by atoms with Gasteiger partial charge in [-0.3, -0.25) is 4.79 Å². The van der Waals surface area contributed by atoms with Crippen LogP contribution in [0.5, 0.6) is 0 Å². The third-order valence-corrected chi connectivity index (χ3v) is 1.85. The smallest absolute Gasteiger partial charge is 0.224 e. The minimum atomic E-state index is -0.395. The van der Waals surface area contributed by atoms with E-state index in [-0.39, 0.29) is 12.5 Å². The second kappa shape index (κ2) is 5.07. The zero-order chi connectivity index (χ0) is 12.1. The van der Waals surface area contributed by atoms with Crippen molar-refractivity contribution in [1.82, 2.24) is 9.97 Å². The normalized spacial score (nSPS) is 11.6. The largest absolute Gasteiger partial charge is 0.370 e. The Labute approximate surface area is 93.5 Å². The number of aryl methyl sites for hydroxylation is 1. The van der Waals surface area contributed by atoms with Crippen molar-refractivity contribution >= 4 is 11.9 Å². The van der Waals surface area contributed by atoms with E-state index >= 15 is 0 Å². The number of nitrogens with two attached hydrogens (primary N) is 1. The molecule has 0 saturated carbocycles. The number of hydrogen-bond donors (Lipinski definition) is 2. The van der Waals surface area contributed by atoms with Crippen molar-refractivity contribution in [3.8, 4) is 6.07 Å². The van der Waals surface area contributed by atoms with Crippen molar-refractivity contribution < 1.29 is 4.79 Å². The highest BCUT2D eigenvalue weighted by Crippen LogP contribution is 2.06. The van der Waals surface area contributed by atoms with E-state index in [2.05, 4.69) is 15.3 Å². The van der Waals surface area contributed by atoms with Gasteiger partial charge < -0.3 is 11.1 Å². The first-order valence-electron chi connectivity index (χ1n) is 4.82. The molecule has 6 nitrogen and oxygen atoms in total. The zero-order valence-electron chi connectivity index (χ0n) is 9.19. The van der Waals surface area contributed by atoms with Crippen LogP contribution in [0.1, 0.15) is 24.7 Å². The van der Waals surface area contributed by atoms with Gasteiger partial charge in [-0.05, 0) is 19.9 Å². The lowest BCUT2D eigenvalue weighted by Gasteiger charge is -2.11. The summed E-state index contributed by atoms with van der Waals surface area (Å²) in [6.45, 7) is 3.56. The molecule has 0 aromatic carbocycles. The van der Waals surface area contributed by atoms with Gasteiger partial charge in [0.2, 0.25) is 11.9 Å². The molecule has 0 bridgehead atoms. The summed E-state index contributed by atoms with van der Waals surface area (Å²) in [7, 11) is 0. The maximum atomic E-state index is 10.7. The summed E-state index contributed by atoms with van der Waals surface area (Å²) in [5, 5.41) is 11.6. The Balaban J connectivity index is 2.77. The molecule has 3 N–H and O–H groups in total. The minimum absolute atomic E-state index is 0.161. The van der Waals surface area contributed by atoms with Crippen LogP contribution < -0.4 is 11.1 Å². The van der Waals surface area contributed by atoms with Crippen LogP contribution in [0.2, 0.25) is 0 Å². The first-order chi connectivity index (χ1) is 7.51. The third-order valence-electron chi connectivity index (χ3n) is 1.85. The molecule has 16 heavy (non-hydrogen) atoms. The Kier molecular flexibility index (Phi) is 3.78. The molecule has 0 spiro atoms. The van der Waals surface area contributed by atoms with E-state index < -0.39 is 5.91 Å². The van der Waals surface area contributed by atoms with Crippen LogP contribution in [0.3, 0.4) is 0 Å². The number of nitriles is 1. The van der Waals surface area contributed by atoms with Gasteiger partial charge in [-0.1, -0.05) is 0 Å². The summed E-state index contributed by atoms with van der Waals surface area (Å²) >= 11 is 0. The number of carbonyl (C=O) groups excluding carboxylic acids is 1. The number of primary amides is 1. The van der Waals surface area contributed by atoms with Crippen molar-refractivity contribution in [2.45, 2.75) is 26.3 Å². The SMILES string of the molecule is Cc1cc(C#N)nc(NC(C)CC(N)=O)n1. The summed E-state index contributed by atoms with van der Waals surface area (Å²) < 4.78 is 0. The van der Waals surface area contributed by atoms with Crippen molar-refractivity contribution in [1.29, 1.82) is 5.26 Å². The molecule has 1 amide bonds. The van der Waals surface area contributed by atoms with Gasteiger partial charge in [0.1, 0.15) is 11.8 Å². The molecule has 1 atom stereocenters. The van der Waals surface area contributed by atoms with E-state index in [0.29, 0.717) is 17.3 Å². The molecule has 84 valence electrons. The lowest BCUT2D eigenvalue weighted by Crippen LogP contribution is -2.25. The van der Waals surface area contributed by atoms with E-state index in [9.17, 15) is 4.79 Å².